The van der Waals surface area contributed by atoms with Crippen molar-refractivity contribution >= 4 is 28.7 Å². The van der Waals surface area contributed by atoms with E-state index in [0.717, 1.165) is 12.8 Å². The predicted molar refractivity (Wildman–Crippen MR) is 84.3 cm³/mol. The topological polar surface area (TPSA) is 88.9 Å². The molecule has 1 amide bonds. The fraction of sp³-hybridized carbons (Fsp3) is 0.786. The van der Waals surface area contributed by atoms with Gasteiger partial charge >= 0.3 is 6.09 Å². The maximum absolute atomic E-state index is 11.8. The second kappa shape index (κ2) is 9.81. The van der Waals surface area contributed by atoms with Crippen LogP contribution in [0.4, 0.5) is 4.79 Å². The molecule has 22 heavy (non-hydrogen) atoms. The zero-order valence-electron chi connectivity index (χ0n) is 13.3. The fourth-order valence-corrected chi connectivity index (χ4v) is 3.14. The molecular formula is C14H24N2O5S. The van der Waals surface area contributed by atoms with Crippen molar-refractivity contribution < 1.29 is 23.8 Å². The number of rotatable bonds is 7. The Kier molecular flexibility index (Phi) is 8.44. The molecule has 1 saturated heterocycles. The average Bonchev–Trinajstić information content (AvgIpc) is 2.54. The molecule has 0 radical (unpaired) electrons. The van der Waals surface area contributed by atoms with E-state index < -0.39 is 6.29 Å². The third-order valence-corrected chi connectivity index (χ3v) is 4.53. The summed E-state index contributed by atoms with van der Waals surface area (Å²) in [6.07, 6.45) is 0.275. The van der Waals surface area contributed by atoms with E-state index in [1.807, 2.05) is 0 Å². The van der Waals surface area contributed by atoms with Crippen LogP contribution in [-0.2, 0) is 19.0 Å². The van der Waals surface area contributed by atoms with Gasteiger partial charge in [-0.25, -0.2) is 4.79 Å². The molecule has 1 aliphatic rings. The lowest BCUT2D eigenvalue weighted by Crippen LogP contribution is -2.40. The van der Waals surface area contributed by atoms with Crippen molar-refractivity contribution in [1.82, 2.24) is 4.90 Å². The standard InChI is InChI=1S/C14H24N2O5S/c1-4-21-14(18)16-7-5-10(6-8-16)12(15)22-9-11(17)13(19-2)20-3/h10,13,15H,4-9H2,1-3H3. The molecule has 0 atom stereocenters. The quantitative estimate of drug-likeness (QED) is 0.434. The lowest BCUT2D eigenvalue weighted by atomic mass is 9.98. The number of amides is 1. The molecule has 0 aliphatic carbocycles. The van der Waals surface area contributed by atoms with Gasteiger partial charge in [-0.2, -0.15) is 0 Å². The van der Waals surface area contributed by atoms with Crippen LogP contribution in [-0.4, -0.2) is 67.8 Å². The minimum absolute atomic E-state index is 0.0898. The van der Waals surface area contributed by atoms with Crippen LogP contribution in [0.1, 0.15) is 19.8 Å². The average molecular weight is 332 g/mol. The molecule has 1 N–H and O–H groups in total. The number of nitrogens with zero attached hydrogens (tertiary/aromatic N) is 1. The Bertz CT molecular complexity index is 393. The molecule has 1 aliphatic heterocycles. The number of methoxy groups -OCH3 is 2. The highest BCUT2D eigenvalue weighted by Crippen LogP contribution is 2.24. The molecule has 126 valence electrons. The van der Waals surface area contributed by atoms with Gasteiger partial charge in [0.1, 0.15) is 0 Å². The summed E-state index contributed by atoms with van der Waals surface area (Å²) in [5.74, 6) is 0.0548. The van der Waals surface area contributed by atoms with E-state index >= 15 is 0 Å². The van der Waals surface area contributed by atoms with Gasteiger partial charge in [-0.05, 0) is 19.8 Å². The smallest absolute Gasteiger partial charge is 0.409 e. The molecule has 1 fully saturated rings. The summed E-state index contributed by atoms with van der Waals surface area (Å²) in [6, 6.07) is 0. The summed E-state index contributed by atoms with van der Waals surface area (Å²) in [6.45, 7) is 3.31. The number of hydrogen-bond donors (Lipinski definition) is 1. The molecule has 8 heteroatoms. The molecule has 1 heterocycles. The van der Waals surface area contributed by atoms with Gasteiger partial charge in [0.2, 0.25) is 6.29 Å². The van der Waals surface area contributed by atoms with Gasteiger partial charge in [-0.1, -0.05) is 0 Å². The Morgan fingerprint density at radius 2 is 1.86 bits per heavy atom. The van der Waals surface area contributed by atoms with E-state index in [0.29, 0.717) is 24.7 Å². The summed E-state index contributed by atoms with van der Waals surface area (Å²) in [4.78, 5) is 25.0. The number of ketones is 1. The first-order valence-electron chi connectivity index (χ1n) is 7.24. The molecule has 0 aromatic carbocycles. The third-order valence-electron chi connectivity index (χ3n) is 3.45. The van der Waals surface area contributed by atoms with E-state index in [9.17, 15) is 9.59 Å². The van der Waals surface area contributed by atoms with Crippen molar-refractivity contribution in [2.75, 3.05) is 39.7 Å². The van der Waals surface area contributed by atoms with E-state index in [1.165, 1.54) is 26.0 Å². The number of ether oxygens (including phenoxy) is 3. The van der Waals surface area contributed by atoms with Crippen molar-refractivity contribution in [2.24, 2.45) is 5.92 Å². The van der Waals surface area contributed by atoms with Gasteiger partial charge in [-0.3, -0.25) is 10.2 Å². The number of nitrogens with one attached hydrogen (secondary N) is 1. The molecule has 0 bridgehead atoms. The first-order valence-corrected chi connectivity index (χ1v) is 8.23. The van der Waals surface area contributed by atoms with Crippen LogP contribution in [0.25, 0.3) is 0 Å². The van der Waals surface area contributed by atoms with Gasteiger partial charge in [0.25, 0.3) is 0 Å². The zero-order valence-corrected chi connectivity index (χ0v) is 14.1. The van der Waals surface area contributed by atoms with E-state index in [1.54, 1.807) is 11.8 Å². The fourth-order valence-electron chi connectivity index (χ4n) is 2.23. The van der Waals surface area contributed by atoms with Crippen molar-refractivity contribution in [3.05, 3.63) is 0 Å². The first kappa shape index (κ1) is 18.9. The number of thioether (sulfide) groups is 1. The Labute approximate surface area is 135 Å². The first-order chi connectivity index (χ1) is 10.5. The van der Waals surface area contributed by atoms with Gasteiger partial charge in [0, 0.05) is 33.2 Å². The lowest BCUT2D eigenvalue weighted by molar-refractivity contribution is -0.153. The molecule has 7 nitrogen and oxygen atoms in total. The predicted octanol–water partition coefficient (Wildman–Crippen LogP) is 1.75. The Balaban J connectivity index is 2.34. The van der Waals surface area contributed by atoms with Gasteiger partial charge in [0.15, 0.2) is 5.78 Å². The summed E-state index contributed by atoms with van der Waals surface area (Å²) >= 11 is 1.21. The Hall–Kier alpha value is -1.12. The number of likely N-dealkylation sites (tertiary alicyclic amines) is 1. The van der Waals surface area contributed by atoms with E-state index in [2.05, 4.69) is 0 Å². The van der Waals surface area contributed by atoms with Gasteiger partial charge in [0.05, 0.1) is 17.4 Å². The summed E-state index contributed by atoms with van der Waals surface area (Å²) < 4.78 is 14.7. The largest absolute Gasteiger partial charge is 0.450 e. The van der Waals surface area contributed by atoms with Crippen LogP contribution in [0, 0.1) is 11.3 Å². The number of piperidine rings is 1. The molecule has 0 aromatic rings. The molecule has 1 rings (SSSR count). The highest BCUT2D eigenvalue weighted by atomic mass is 32.2. The van der Waals surface area contributed by atoms with Crippen molar-refractivity contribution in [1.29, 1.82) is 5.41 Å². The Morgan fingerprint density at radius 3 is 2.36 bits per heavy atom. The maximum Gasteiger partial charge on any atom is 0.409 e. The third kappa shape index (κ3) is 5.58. The van der Waals surface area contributed by atoms with Gasteiger partial charge in [-0.15, -0.1) is 11.8 Å². The van der Waals surface area contributed by atoms with Crippen molar-refractivity contribution in [3.8, 4) is 0 Å². The van der Waals surface area contributed by atoms with Crippen LogP contribution < -0.4 is 0 Å². The highest BCUT2D eigenvalue weighted by molar-refractivity contribution is 8.14. The lowest BCUT2D eigenvalue weighted by Gasteiger charge is -2.31. The summed E-state index contributed by atoms with van der Waals surface area (Å²) in [5.41, 5.74) is 0. The Morgan fingerprint density at radius 1 is 1.27 bits per heavy atom. The van der Waals surface area contributed by atoms with Crippen LogP contribution in [0.15, 0.2) is 0 Å². The molecule has 0 spiro atoms. The van der Waals surface area contributed by atoms with Crippen molar-refractivity contribution in [2.45, 2.75) is 26.1 Å². The van der Waals surface area contributed by atoms with E-state index in [4.69, 9.17) is 19.6 Å². The molecule has 0 aromatic heterocycles. The molecule has 0 unspecified atom stereocenters. The van der Waals surface area contributed by atoms with Gasteiger partial charge < -0.3 is 19.1 Å². The van der Waals surface area contributed by atoms with Crippen LogP contribution in [0.5, 0.6) is 0 Å². The number of hydrogen-bond acceptors (Lipinski definition) is 7. The highest BCUT2D eigenvalue weighted by Gasteiger charge is 2.27. The molecular weight excluding hydrogens is 308 g/mol. The minimum Gasteiger partial charge on any atom is -0.450 e. The normalized spacial score (nSPS) is 15.9. The summed E-state index contributed by atoms with van der Waals surface area (Å²) in [5, 5.41) is 8.56. The van der Waals surface area contributed by atoms with Crippen LogP contribution in [0.2, 0.25) is 0 Å². The second-order valence-corrected chi connectivity index (χ2v) is 5.90. The SMILES string of the molecule is CCOC(=O)N1CCC(C(=N)SCC(=O)C(OC)OC)CC1. The minimum atomic E-state index is -0.869. The maximum atomic E-state index is 11.8. The van der Waals surface area contributed by atoms with Crippen molar-refractivity contribution in [3.63, 3.8) is 0 Å². The number of carbonyl (C=O) groups is 2. The second-order valence-electron chi connectivity index (χ2n) is 4.88. The zero-order chi connectivity index (χ0) is 16.5. The number of Topliss-reactive ketones (excluding diaryl/α,β-unsaturated/α-hetero) is 1. The van der Waals surface area contributed by atoms with Crippen LogP contribution in [0.3, 0.4) is 0 Å². The van der Waals surface area contributed by atoms with E-state index in [-0.39, 0.29) is 23.5 Å². The monoisotopic (exact) mass is 332 g/mol. The van der Waals surface area contributed by atoms with Crippen LogP contribution >= 0.6 is 11.8 Å². The number of carbonyl (C=O) groups excluding carboxylic acids is 2. The molecule has 0 saturated carbocycles. The summed E-state index contributed by atoms with van der Waals surface area (Å²) in [7, 11) is 2.82.